The maximum atomic E-state index is 10.1. The van der Waals surface area contributed by atoms with Gasteiger partial charge < -0.3 is 14.8 Å². The fourth-order valence-corrected chi connectivity index (χ4v) is 3.05. The van der Waals surface area contributed by atoms with Gasteiger partial charge in [0.15, 0.2) is 0 Å². The van der Waals surface area contributed by atoms with Crippen LogP contribution in [0.3, 0.4) is 0 Å². The number of benzene rings is 1. The topological polar surface area (TPSA) is 71.2 Å². The van der Waals surface area contributed by atoms with Crippen molar-refractivity contribution < 1.29 is 9.52 Å². The first-order chi connectivity index (χ1) is 10.0. The molecule has 0 bridgehead atoms. The number of thioether (sulfide) groups is 1. The van der Waals surface area contributed by atoms with Crippen LogP contribution in [0.15, 0.2) is 33.2 Å². The number of nitrogens with zero attached hydrogens (tertiary/aromatic N) is 2. The summed E-state index contributed by atoms with van der Waals surface area (Å²) in [7, 11) is 0. The lowest BCUT2D eigenvalue weighted by Gasteiger charge is -2.21. The Balaban J connectivity index is 1.94. The average Bonchev–Trinajstić information content (AvgIpc) is 2.87. The first-order valence-corrected chi connectivity index (χ1v) is 8.70. The van der Waals surface area contributed by atoms with E-state index in [1.54, 1.807) is 18.7 Å². The summed E-state index contributed by atoms with van der Waals surface area (Å²) in [4.78, 5) is 0. The van der Waals surface area contributed by atoms with E-state index < -0.39 is 5.60 Å². The van der Waals surface area contributed by atoms with E-state index in [2.05, 4.69) is 31.4 Å². The molecule has 0 amide bonds. The molecule has 0 fully saturated rings. The van der Waals surface area contributed by atoms with Crippen LogP contribution in [0, 0.1) is 0 Å². The van der Waals surface area contributed by atoms with Gasteiger partial charge in [0.2, 0.25) is 11.8 Å². The van der Waals surface area contributed by atoms with Gasteiger partial charge >= 0.3 is 0 Å². The molecule has 2 aromatic rings. The maximum absolute atomic E-state index is 10.1. The molecule has 0 saturated heterocycles. The van der Waals surface area contributed by atoms with Gasteiger partial charge in [0.05, 0.1) is 17.7 Å². The number of rotatable bonds is 7. The molecule has 2 rings (SSSR count). The van der Waals surface area contributed by atoms with E-state index in [0.717, 1.165) is 10.0 Å². The Kier molecular flexibility index (Phi) is 5.80. The zero-order chi connectivity index (χ0) is 15.3. The molecule has 1 aromatic heterocycles. The molecule has 1 unspecified atom stereocenters. The fraction of sp³-hybridized carbons (Fsp3) is 0.429. The molecule has 7 heteroatoms. The Morgan fingerprint density at radius 3 is 2.86 bits per heavy atom. The van der Waals surface area contributed by atoms with Crippen LogP contribution >= 0.6 is 27.7 Å². The molecule has 0 radical (unpaired) electrons. The molecule has 2 N–H and O–H groups in total. The van der Waals surface area contributed by atoms with Crippen molar-refractivity contribution in [2.45, 2.75) is 19.1 Å². The number of nitrogens with one attached hydrogen (secondary N) is 1. The Bertz CT molecular complexity index is 589. The smallest absolute Gasteiger partial charge is 0.248 e. The second-order valence-electron chi connectivity index (χ2n) is 5.01. The van der Waals surface area contributed by atoms with E-state index in [4.69, 9.17) is 4.42 Å². The summed E-state index contributed by atoms with van der Waals surface area (Å²) >= 11 is 5.07. The van der Waals surface area contributed by atoms with Crippen molar-refractivity contribution >= 4 is 27.7 Å². The predicted octanol–water partition coefficient (Wildman–Crippen LogP) is 2.70. The summed E-state index contributed by atoms with van der Waals surface area (Å²) in [6.45, 7) is 2.71. The van der Waals surface area contributed by atoms with Crippen molar-refractivity contribution in [2.75, 3.05) is 18.6 Å². The largest absolute Gasteiger partial charge is 0.419 e. The third-order valence-electron chi connectivity index (χ3n) is 2.81. The molecule has 0 spiro atoms. The second kappa shape index (κ2) is 7.40. The predicted molar refractivity (Wildman–Crippen MR) is 88.1 cm³/mol. The molecule has 0 aliphatic rings. The van der Waals surface area contributed by atoms with E-state index in [1.165, 1.54) is 0 Å². The van der Waals surface area contributed by atoms with Gasteiger partial charge in [-0.3, -0.25) is 0 Å². The van der Waals surface area contributed by atoms with E-state index in [0.29, 0.717) is 30.6 Å². The maximum Gasteiger partial charge on any atom is 0.248 e. The van der Waals surface area contributed by atoms with Crippen LogP contribution in [0.25, 0.3) is 11.5 Å². The van der Waals surface area contributed by atoms with E-state index >= 15 is 0 Å². The Morgan fingerprint density at radius 1 is 1.38 bits per heavy atom. The summed E-state index contributed by atoms with van der Waals surface area (Å²) in [5.74, 6) is 1.65. The molecular formula is C14H18BrN3O2S. The molecule has 1 heterocycles. The van der Waals surface area contributed by atoms with Gasteiger partial charge in [0, 0.05) is 16.8 Å². The van der Waals surface area contributed by atoms with Crippen molar-refractivity contribution in [1.82, 2.24) is 15.5 Å². The summed E-state index contributed by atoms with van der Waals surface area (Å²) in [6, 6.07) is 7.69. The number of halogens is 1. The lowest BCUT2D eigenvalue weighted by Crippen LogP contribution is -2.39. The number of hydrogen-bond donors (Lipinski definition) is 2. The molecule has 1 atom stereocenters. The van der Waals surface area contributed by atoms with Crippen molar-refractivity contribution in [3.8, 4) is 11.5 Å². The fourth-order valence-electron chi connectivity index (χ4n) is 1.87. The third-order valence-corrected chi connectivity index (χ3v) is 4.41. The first kappa shape index (κ1) is 16.5. The van der Waals surface area contributed by atoms with Crippen LogP contribution in [0.4, 0.5) is 0 Å². The van der Waals surface area contributed by atoms with Crippen LogP contribution in [-0.4, -0.2) is 39.5 Å². The molecule has 1 aromatic carbocycles. The van der Waals surface area contributed by atoms with Crippen LogP contribution in [-0.2, 0) is 6.54 Å². The average molecular weight is 372 g/mol. The lowest BCUT2D eigenvalue weighted by molar-refractivity contribution is 0.0839. The van der Waals surface area contributed by atoms with E-state index in [-0.39, 0.29) is 0 Å². The van der Waals surface area contributed by atoms with Crippen LogP contribution in [0.2, 0.25) is 0 Å². The highest BCUT2D eigenvalue weighted by Gasteiger charge is 2.19. The SMILES string of the molecule is CSCC(C)(O)CNCc1nnc(-c2ccccc2Br)o1. The monoisotopic (exact) mass is 371 g/mol. The van der Waals surface area contributed by atoms with Crippen LogP contribution in [0.1, 0.15) is 12.8 Å². The highest BCUT2D eigenvalue weighted by atomic mass is 79.9. The summed E-state index contributed by atoms with van der Waals surface area (Å²) in [6.07, 6.45) is 1.97. The van der Waals surface area contributed by atoms with Crippen molar-refractivity contribution in [2.24, 2.45) is 0 Å². The summed E-state index contributed by atoms with van der Waals surface area (Å²) in [5.41, 5.74) is 0.121. The molecule has 5 nitrogen and oxygen atoms in total. The number of aliphatic hydroxyl groups is 1. The van der Waals surface area contributed by atoms with Gasteiger partial charge in [0.25, 0.3) is 0 Å². The zero-order valence-electron chi connectivity index (χ0n) is 12.0. The van der Waals surface area contributed by atoms with Gasteiger partial charge in [0.1, 0.15) is 0 Å². The number of aromatic nitrogens is 2. The second-order valence-corrected chi connectivity index (χ2v) is 6.73. The Hall–Kier alpha value is -0.890. The van der Waals surface area contributed by atoms with Crippen molar-refractivity contribution in [3.63, 3.8) is 0 Å². The van der Waals surface area contributed by atoms with Gasteiger partial charge in [-0.05, 0) is 41.2 Å². The van der Waals surface area contributed by atoms with Gasteiger partial charge in [-0.25, -0.2) is 0 Å². The third kappa shape index (κ3) is 4.81. The first-order valence-electron chi connectivity index (χ1n) is 6.51. The molecule has 0 saturated carbocycles. The van der Waals surface area contributed by atoms with Crippen LogP contribution in [0.5, 0.6) is 0 Å². The number of hydrogen-bond acceptors (Lipinski definition) is 6. The van der Waals surface area contributed by atoms with Gasteiger partial charge in [-0.15, -0.1) is 10.2 Å². The van der Waals surface area contributed by atoms with Gasteiger partial charge in [-0.1, -0.05) is 12.1 Å². The summed E-state index contributed by atoms with van der Waals surface area (Å²) in [5, 5.41) is 21.2. The van der Waals surface area contributed by atoms with E-state index in [1.807, 2.05) is 30.5 Å². The van der Waals surface area contributed by atoms with Crippen molar-refractivity contribution in [1.29, 1.82) is 0 Å². The minimum absolute atomic E-state index is 0.433. The Labute approximate surface area is 136 Å². The van der Waals surface area contributed by atoms with Crippen molar-refractivity contribution in [3.05, 3.63) is 34.6 Å². The molecule has 114 valence electrons. The minimum Gasteiger partial charge on any atom is -0.419 e. The minimum atomic E-state index is -0.745. The standard InChI is InChI=1S/C14H18BrN3O2S/c1-14(19,9-21-2)8-16-7-12-17-18-13(20-12)10-5-3-4-6-11(10)15/h3-6,16,19H,7-9H2,1-2H3. The van der Waals surface area contributed by atoms with E-state index in [9.17, 15) is 5.11 Å². The quantitative estimate of drug-likeness (QED) is 0.779. The normalized spacial score (nSPS) is 14.1. The highest BCUT2D eigenvalue weighted by molar-refractivity contribution is 9.10. The summed E-state index contributed by atoms with van der Waals surface area (Å²) < 4.78 is 6.54. The molecule has 21 heavy (non-hydrogen) atoms. The molecule has 0 aliphatic carbocycles. The zero-order valence-corrected chi connectivity index (χ0v) is 14.4. The van der Waals surface area contributed by atoms with Gasteiger partial charge in [-0.2, -0.15) is 11.8 Å². The molecule has 0 aliphatic heterocycles. The highest BCUT2D eigenvalue weighted by Crippen LogP contribution is 2.26. The lowest BCUT2D eigenvalue weighted by atomic mass is 10.1. The Morgan fingerprint density at radius 2 is 2.14 bits per heavy atom. The van der Waals surface area contributed by atoms with Crippen LogP contribution < -0.4 is 5.32 Å². The molecular weight excluding hydrogens is 354 g/mol.